The van der Waals surface area contributed by atoms with Gasteiger partial charge in [0.25, 0.3) is 0 Å². The summed E-state index contributed by atoms with van der Waals surface area (Å²) in [5, 5.41) is 11.6. The van der Waals surface area contributed by atoms with Crippen LogP contribution in [0.3, 0.4) is 0 Å². The Bertz CT molecular complexity index is 509. The third-order valence-electron chi connectivity index (χ3n) is 2.47. The molecule has 2 heterocycles. The molecule has 0 fully saturated rings. The molecule has 0 spiro atoms. The zero-order chi connectivity index (χ0) is 13.0. The lowest BCUT2D eigenvalue weighted by atomic mass is 10.3. The molecule has 18 heavy (non-hydrogen) atoms. The minimum absolute atomic E-state index is 0.449. The first-order chi connectivity index (χ1) is 8.65. The first-order valence-electron chi connectivity index (χ1n) is 5.86. The lowest BCUT2D eigenvalue weighted by molar-refractivity contribution is 0.580. The van der Waals surface area contributed by atoms with Crippen LogP contribution < -0.4 is 5.32 Å². The van der Waals surface area contributed by atoms with Crippen molar-refractivity contribution in [3.05, 3.63) is 40.4 Å². The molecule has 0 saturated heterocycles. The molecule has 1 N–H and O–H groups in total. The molecule has 0 saturated carbocycles. The summed E-state index contributed by atoms with van der Waals surface area (Å²) in [6.45, 7) is 5.66. The van der Waals surface area contributed by atoms with Gasteiger partial charge in [-0.2, -0.15) is 0 Å². The van der Waals surface area contributed by atoms with E-state index in [0.717, 1.165) is 22.3 Å². The lowest BCUT2D eigenvalue weighted by Crippen LogP contribution is -2.21. The number of halogens is 1. The third kappa shape index (κ3) is 3.61. The third-order valence-corrected chi connectivity index (χ3v) is 3.18. The molecule has 0 radical (unpaired) electrons. The van der Waals surface area contributed by atoms with Crippen LogP contribution in [0.1, 0.15) is 25.1 Å². The maximum Gasteiger partial charge on any atom is 0.0965 e. The maximum absolute atomic E-state index is 4.13. The largest absolute Gasteiger partial charge is 0.309 e. The summed E-state index contributed by atoms with van der Waals surface area (Å²) < 4.78 is 2.82. The van der Waals surface area contributed by atoms with Gasteiger partial charge in [0.15, 0.2) is 0 Å². The molecule has 5 nitrogen and oxygen atoms in total. The molecule has 0 aliphatic heterocycles. The molecule has 0 aliphatic rings. The number of hydrogen-bond acceptors (Lipinski definition) is 4. The molecule has 0 unspecified atom stereocenters. The molecule has 96 valence electrons. The number of nitrogens with zero attached hydrogens (tertiary/aromatic N) is 4. The van der Waals surface area contributed by atoms with Crippen LogP contribution in [0.4, 0.5) is 0 Å². The average molecular weight is 310 g/mol. The van der Waals surface area contributed by atoms with Crippen LogP contribution in [0.2, 0.25) is 0 Å². The van der Waals surface area contributed by atoms with Gasteiger partial charge >= 0.3 is 0 Å². The second-order valence-electron chi connectivity index (χ2n) is 4.41. The van der Waals surface area contributed by atoms with Gasteiger partial charge in [0.2, 0.25) is 0 Å². The van der Waals surface area contributed by atoms with E-state index >= 15 is 0 Å². The van der Waals surface area contributed by atoms with E-state index in [2.05, 4.69) is 50.4 Å². The predicted molar refractivity (Wildman–Crippen MR) is 73.0 cm³/mol. The van der Waals surface area contributed by atoms with Gasteiger partial charge in [-0.3, -0.25) is 4.98 Å². The van der Waals surface area contributed by atoms with Crippen LogP contribution in [-0.2, 0) is 13.1 Å². The van der Waals surface area contributed by atoms with E-state index in [4.69, 9.17) is 0 Å². The number of nitrogens with one attached hydrogen (secondary N) is 1. The van der Waals surface area contributed by atoms with E-state index in [1.54, 1.807) is 12.4 Å². The van der Waals surface area contributed by atoms with Gasteiger partial charge in [-0.05, 0) is 27.6 Å². The molecule has 2 rings (SSSR count). The smallest absolute Gasteiger partial charge is 0.0965 e. The van der Waals surface area contributed by atoms with E-state index in [9.17, 15) is 0 Å². The van der Waals surface area contributed by atoms with E-state index in [0.29, 0.717) is 12.6 Å². The Labute approximate surface area is 115 Å². The zero-order valence-electron chi connectivity index (χ0n) is 10.5. The molecule has 0 amide bonds. The Hall–Kier alpha value is -1.27. The summed E-state index contributed by atoms with van der Waals surface area (Å²) in [5.41, 5.74) is 2.09. The molecule has 0 aromatic carbocycles. The van der Waals surface area contributed by atoms with Crippen molar-refractivity contribution < 1.29 is 0 Å². The minimum atomic E-state index is 0.449. The van der Waals surface area contributed by atoms with Crippen molar-refractivity contribution in [2.45, 2.75) is 33.0 Å². The van der Waals surface area contributed by atoms with Crippen LogP contribution in [0.15, 0.2) is 29.1 Å². The van der Waals surface area contributed by atoms with Gasteiger partial charge in [-0.15, -0.1) is 5.10 Å². The summed E-state index contributed by atoms with van der Waals surface area (Å²) in [6.07, 6.45) is 5.52. The number of rotatable bonds is 5. The first-order valence-corrected chi connectivity index (χ1v) is 6.65. The van der Waals surface area contributed by atoms with Crippen molar-refractivity contribution in [2.75, 3.05) is 0 Å². The summed E-state index contributed by atoms with van der Waals surface area (Å²) in [5.74, 6) is 0. The van der Waals surface area contributed by atoms with Crippen LogP contribution >= 0.6 is 15.9 Å². The molecule has 2 aromatic rings. The topological polar surface area (TPSA) is 55.6 Å². The van der Waals surface area contributed by atoms with Crippen LogP contribution in [0.5, 0.6) is 0 Å². The van der Waals surface area contributed by atoms with E-state index in [1.165, 1.54) is 0 Å². The van der Waals surface area contributed by atoms with Crippen molar-refractivity contribution in [3.8, 4) is 0 Å². The second kappa shape index (κ2) is 6.06. The van der Waals surface area contributed by atoms with Crippen molar-refractivity contribution in [1.82, 2.24) is 25.3 Å². The highest BCUT2D eigenvalue weighted by molar-refractivity contribution is 9.10. The molecule has 0 atom stereocenters. The summed E-state index contributed by atoms with van der Waals surface area (Å²) >= 11 is 3.47. The van der Waals surface area contributed by atoms with Crippen molar-refractivity contribution in [1.29, 1.82) is 0 Å². The average Bonchev–Trinajstić information content (AvgIpc) is 2.77. The van der Waals surface area contributed by atoms with Crippen molar-refractivity contribution in [2.24, 2.45) is 0 Å². The van der Waals surface area contributed by atoms with Crippen LogP contribution in [-0.4, -0.2) is 26.0 Å². The SMILES string of the molecule is CC(C)NCc1cn(Cc2ccncc2Br)nn1. The Morgan fingerprint density at radius 1 is 1.44 bits per heavy atom. The summed E-state index contributed by atoms with van der Waals surface area (Å²) in [4.78, 5) is 4.04. The van der Waals surface area contributed by atoms with Gasteiger partial charge in [-0.1, -0.05) is 19.1 Å². The molecule has 6 heteroatoms. The Balaban J connectivity index is 2.00. The maximum atomic E-state index is 4.13. The fraction of sp³-hybridized carbons (Fsp3) is 0.417. The molecular weight excluding hydrogens is 294 g/mol. The van der Waals surface area contributed by atoms with E-state index in [1.807, 2.05) is 16.9 Å². The predicted octanol–water partition coefficient (Wildman–Crippen LogP) is 1.98. The van der Waals surface area contributed by atoms with Gasteiger partial charge < -0.3 is 5.32 Å². The minimum Gasteiger partial charge on any atom is -0.309 e. The zero-order valence-corrected chi connectivity index (χ0v) is 12.1. The number of aromatic nitrogens is 4. The fourth-order valence-corrected chi connectivity index (χ4v) is 1.89. The quantitative estimate of drug-likeness (QED) is 0.917. The highest BCUT2D eigenvalue weighted by Crippen LogP contribution is 2.15. The second-order valence-corrected chi connectivity index (χ2v) is 5.26. The van der Waals surface area contributed by atoms with Crippen LogP contribution in [0.25, 0.3) is 0 Å². The van der Waals surface area contributed by atoms with Gasteiger partial charge in [0.1, 0.15) is 0 Å². The monoisotopic (exact) mass is 309 g/mol. The number of hydrogen-bond donors (Lipinski definition) is 1. The highest BCUT2D eigenvalue weighted by Gasteiger charge is 2.04. The summed E-state index contributed by atoms with van der Waals surface area (Å²) in [7, 11) is 0. The normalized spacial score (nSPS) is 11.1. The number of pyridine rings is 1. The summed E-state index contributed by atoms with van der Waals surface area (Å²) in [6, 6.07) is 2.42. The fourth-order valence-electron chi connectivity index (χ4n) is 1.51. The van der Waals surface area contributed by atoms with Gasteiger partial charge in [0.05, 0.1) is 18.4 Å². The Kier molecular flexibility index (Phi) is 4.43. The van der Waals surface area contributed by atoms with Crippen LogP contribution in [0, 0.1) is 0 Å². The Morgan fingerprint density at radius 3 is 3.00 bits per heavy atom. The molecule has 2 aromatic heterocycles. The van der Waals surface area contributed by atoms with Crippen molar-refractivity contribution in [3.63, 3.8) is 0 Å². The van der Waals surface area contributed by atoms with Gasteiger partial charge in [-0.25, -0.2) is 4.68 Å². The standard InChI is InChI=1S/C12H16BrN5/c1-9(2)15-5-11-8-18(17-16-11)7-10-3-4-14-6-12(10)13/h3-4,6,8-9,15H,5,7H2,1-2H3. The molecular formula is C12H16BrN5. The van der Waals surface area contributed by atoms with E-state index < -0.39 is 0 Å². The highest BCUT2D eigenvalue weighted by atomic mass is 79.9. The van der Waals surface area contributed by atoms with Gasteiger partial charge in [0, 0.05) is 29.5 Å². The van der Waals surface area contributed by atoms with E-state index in [-0.39, 0.29) is 0 Å². The first kappa shape index (κ1) is 13.2. The van der Waals surface area contributed by atoms with Crippen molar-refractivity contribution >= 4 is 15.9 Å². The Morgan fingerprint density at radius 2 is 2.28 bits per heavy atom. The molecule has 0 bridgehead atoms. The molecule has 0 aliphatic carbocycles. The lowest BCUT2D eigenvalue weighted by Gasteiger charge is -2.04.